The summed E-state index contributed by atoms with van der Waals surface area (Å²) in [6.45, 7) is 7.42. The molecule has 21 heavy (non-hydrogen) atoms. The first-order valence-electron chi connectivity index (χ1n) is 7.48. The minimum Gasteiger partial charge on any atom is -0.469 e. The van der Waals surface area contributed by atoms with Crippen LogP contribution in [0.3, 0.4) is 0 Å². The summed E-state index contributed by atoms with van der Waals surface area (Å²) in [7, 11) is 0. The minimum absolute atomic E-state index is 0.0354. The Balaban J connectivity index is 1.88. The first kappa shape index (κ1) is 15.4. The van der Waals surface area contributed by atoms with E-state index in [2.05, 4.69) is 17.3 Å². The lowest BCUT2D eigenvalue weighted by atomic mass is 10.1. The van der Waals surface area contributed by atoms with Crippen LogP contribution >= 0.6 is 0 Å². The van der Waals surface area contributed by atoms with Crippen LogP contribution < -0.4 is 5.32 Å². The van der Waals surface area contributed by atoms with Crippen LogP contribution in [0.15, 0.2) is 22.8 Å². The third-order valence-electron chi connectivity index (χ3n) is 3.51. The summed E-state index contributed by atoms with van der Waals surface area (Å²) in [5, 5.41) is 7.40. The molecule has 0 radical (unpaired) electrons. The van der Waals surface area contributed by atoms with Crippen LogP contribution in [0.2, 0.25) is 0 Å². The molecular formula is C16H23N3O2. The van der Waals surface area contributed by atoms with Gasteiger partial charge >= 0.3 is 0 Å². The molecule has 0 fully saturated rings. The molecule has 5 heteroatoms. The Morgan fingerprint density at radius 3 is 2.90 bits per heavy atom. The van der Waals surface area contributed by atoms with Crippen LogP contribution in [0.5, 0.6) is 0 Å². The standard InChI is InChI=1S/C16H23N3O2/c1-4-10-19-13(3)15(12(2)18-19)16(20)17-9-5-7-14-8-6-11-21-14/h6,8,11H,4-5,7,9-10H2,1-3H3,(H,17,20). The number of hydrogen-bond acceptors (Lipinski definition) is 3. The van der Waals surface area contributed by atoms with Crippen molar-refractivity contribution in [2.24, 2.45) is 0 Å². The van der Waals surface area contributed by atoms with Crippen LogP contribution in [0.25, 0.3) is 0 Å². The van der Waals surface area contributed by atoms with Gasteiger partial charge in [0, 0.05) is 25.2 Å². The molecule has 0 bridgehead atoms. The van der Waals surface area contributed by atoms with E-state index in [4.69, 9.17) is 4.42 Å². The zero-order valence-electron chi connectivity index (χ0n) is 13.0. The molecule has 2 aromatic rings. The molecule has 1 N–H and O–H groups in total. The van der Waals surface area contributed by atoms with Gasteiger partial charge in [-0.1, -0.05) is 6.92 Å². The Kier molecular flexibility index (Phi) is 5.20. The maximum atomic E-state index is 12.3. The maximum absolute atomic E-state index is 12.3. The number of rotatable bonds is 7. The highest BCUT2D eigenvalue weighted by molar-refractivity contribution is 5.96. The van der Waals surface area contributed by atoms with E-state index in [9.17, 15) is 4.79 Å². The molecule has 5 nitrogen and oxygen atoms in total. The highest BCUT2D eigenvalue weighted by atomic mass is 16.3. The summed E-state index contributed by atoms with van der Waals surface area (Å²) in [5.74, 6) is 0.916. The molecule has 0 aromatic carbocycles. The van der Waals surface area contributed by atoms with Crippen molar-refractivity contribution in [3.05, 3.63) is 41.1 Å². The predicted molar refractivity (Wildman–Crippen MR) is 81.4 cm³/mol. The lowest BCUT2D eigenvalue weighted by molar-refractivity contribution is 0.0951. The third kappa shape index (κ3) is 3.74. The molecule has 0 spiro atoms. The minimum atomic E-state index is -0.0354. The van der Waals surface area contributed by atoms with E-state index in [0.717, 1.165) is 43.0 Å². The number of nitrogens with one attached hydrogen (secondary N) is 1. The van der Waals surface area contributed by atoms with Crippen molar-refractivity contribution in [1.29, 1.82) is 0 Å². The normalized spacial score (nSPS) is 10.8. The lowest BCUT2D eigenvalue weighted by Gasteiger charge is -2.06. The van der Waals surface area contributed by atoms with E-state index < -0.39 is 0 Å². The zero-order chi connectivity index (χ0) is 15.2. The summed E-state index contributed by atoms with van der Waals surface area (Å²) in [6, 6.07) is 3.83. The summed E-state index contributed by atoms with van der Waals surface area (Å²) in [4.78, 5) is 12.3. The van der Waals surface area contributed by atoms with Crippen molar-refractivity contribution < 1.29 is 9.21 Å². The number of amides is 1. The molecule has 2 heterocycles. The Bertz CT molecular complexity index is 585. The Morgan fingerprint density at radius 1 is 1.43 bits per heavy atom. The van der Waals surface area contributed by atoms with Gasteiger partial charge in [0.15, 0.2) is 0 Å². The van der Waals surface area contributed by atoms with Gasteiger partial charge in [-0.05, 0) is 38.8 Å². The molecule has 0 aliphatic rings. The fourth-order valence-electron chi connectivity index (χ4n) is 2.46. The monoisotopic (exact) mass is 289 g/mol. The summed E-state index contributed by atoms with van der Waals surface area (Å²) < 4.78 is 7.18. The van der Waals surface area contributed by atoms with E-state index in [1.807, 2.05) is 30.7 Å². The van der Waals surface area contributed by atoms with E-state index >= 15 is 0 Å². The molecule has 0 aliphatic heterocycles. The molecule has 0 aliphatic carbocycles. The fraction of sp³-hybridized carbons (Fsp3) is 0.500. The van der Waals surface area contributed by atoms with Crippen LogP contribution in [0, 0.1) is 13.8 Å². The molecule has 2 rings (SSSR count). The van der Waals surface area contributed by atoms with Crippen molar-refractivity contribution in [1.82, 2.24) is 15.1 Å². The Labute approximate surface area is 125 Å². The number of aromatic nitrogens is 2. The van der Waals surface area contributed by atoms with Crippen molar-refractivity contribution >= 4 is 5.91 Å². The maximum Gasteiger partial charge on any atom is 0.255 e. The van der Waals surface area contributed by atoms with E-state index in [-0.39, 0.29) is 5.91 Å². The topological polar surface area (TPSA) is 60.1 Å². The molecule has 0 saturated carbocycles. The molecule has 0 atom stereocenters. The summed E-state index contributed by atoms with van der Waals surface area (Å²) in [6.07, 6.45) is 4.37. The van der Waals surface area contributed by atoms with Gasteiger partial charge in [0.25, 0.3) is 5.91 Å². The van der Waals surface area contributed by atoms with Gasteiger partial charge in [0.05, 0.1) is 17.5 Å². The Morgan fingerprint density at radius 2 is 2.24 bits per heavy atom. The fourth-order valence-corrected chi connectivity index (χ4v) is 2.46. The SMILES string of the molecule is CCCn1nc(C)c(C(=O)NCCCc2ccco2)c1C. The first-order chi connectivity index (χ1) is 10.1. The van der Waals surface area contributed by atoms with Crippen molar-refractivity contribution in [3.63, 3.8) is 0 Å². The number of hydrogen-bond donors (Lipinski definition) is 1. The van der Waals surface area contributed by atoms with Gasteiger partial charge in [0.2, 0.25) is 0 Å². The van der Waals surface area contributed by atoms with E-state index in [1.165, 1.54) is 0 Å². The largest absolute Gasteiger partial charge is 0.469 e. The van der Waals surface area contributed by atoms with Gasteiger partial charge in [-0.15, -0.1) is 0 Å². The van der Waals surface area contributed by atoms with Crippen molar-refractivity contribution in [2.75, 3.05) is 6.54 Å². The third-order valence-corrected chi connectivity index (χ3v) is 3.51. The highest BCUT2D eigenvalue weighted by Gasteiger charge is 2.17. The van der Waals surface area contributed by atoms with Crippen molar-refractivity contribution in [3.8, 4) is 0 Å². The number of furan rings is 1. The van der Waals surface area contributed by atoms with Gasteiger partial charge in [-0.2, -0.15) is 5.10 Å². The first-order valence-corrected chi connectivity index (χ1v) is 7.48. The average molecular weight is 289 g/mol. The van der Waals surface area contributed by atoms with Gasteiger partial charge < -0.3 is 9.73 Å². The van der Waals surface area contributed by atoms with Crippen molar-refractivity contribution in [2.45, 2.75) is 46.6 Å². The van der Waals surface area contributed by atoms with Crippen LogP contribution in [0.1, 0.15) is 47.3 Å². The number of nitrogens with zero attached hydrogens (tertiary/aromatic N) is 2. The summed E-state index contributed by atoms with van der Waals surface area (Å²) in [5.41, 5.74) is 2.45. The van der Waals surface area contributed by atoms with Crippen LogP contribution in [-0.2, 0) is 13.0 Å². The quantitative estimate of drug-likeness (QED) is 0.797. The second kappa shape index (κ2) is 7.11. The second-order valence-electron chi connectivity index (χ2n) is 5.21. The van der Waals surface area contributed by atoms with Crippen LogP contribution in [-0.4, -0.2) is 22.2 Å². The zero-order valence-corrected chi connectivity index (χ0v) is 13.0. The number of carbonyl (C=O) groups is 1. The van der Waals surface area contributed by atoms with Gasteiger partial charge in [-0.3, -0.25) is 9.48 Å². The van der Waals surface area contributed by atoms with E-state index in [0.29, 0.717) is 12.1 Å². The molecule has 2 aromatic heterocycles. The average Bonchev–Trinajstić information content (AvgIpc) is 3.05. The molecular weight excluding hydrogens is 266 g/mol. The number of aryl methyl sites for hydroxylation is 3. The number of carbonyl (C=O) groups excluding carboxylic acids is 1. The smallest absolute Gasteiger partial charge is 0.255 e. The Hall–Kier alpha value is -2.04. The predicted octanol–water partition coefficient (Wildman–Crippen LogP) is 2.87. The second-order valence-corrected chi connectivity index (χ2v) is 5.21. The lowest BCUT2D eigenvalue weighted by Crippen LogP contribution is -2.26. The molecule has 0 saturated heterocycles. The highest BCUT2D eigenvalue weighted by Crippen LogP contribution is 2.13. The molecule has 114 valence electrons. The van der Waals surface area contributed by atoms with E-state index in [1.54, 1.807) is 6.26 Å². The molecule has 1 amide bonds. The molecule has 0 unspecified atom stereocenters. The van der Waals surface area contributed by atoms with Crippen LogP contribution in [0.4, 0.5) is 0 Å². The summed E-state index contributed by atoms with van der Waals surface area (Å²) >= 11 is 0. The van der Waals surface area contributed by atoms with Gasteiger partial charge in [-0.25, -0.2) is 0 Å². The van der Waals surface area contributed by atoms with Gasteiger partial charge in [0.1, 0.15) is 5.76 Å².